The number of carbonyl (C=O) groups excluding carboxylic acids is 1. The number of pyridine rings is 1. The first-order valence-corrected chi connectivity index (χ1v) is 4.32. The number of rotatable bonds is 2. The third-order valence-electron chi connectivity index (χ3n) is 1.42. The van der Waals surface area contributed by atoms with Gasteiger partial charge in [-0.1, -0.05) is 11.6 Å². The molecule has 0 aliphatic heterocycles. The van der Waals surface area contributed by atoms with E-state index in [1.165, 1.54) is 0 Å². The standard InChI is InChI=1S/C9H10ClNO2/c1-3-13-9(12)7-4-6(2)5-8(10)11-7/h4-5H,3H2,1-2H3. The zero-order valence-electron chi connectivity index (χ0n) is 7.50. The van der Waals surface area contributed by atoms with E-state index in [9.17, 15) is 4.79 Å². The Morgan fingerprint density at radius 3 is 2.85 bits per heavy atom. The van der Waals surface area contributed by atoms with E-state index < -0.39 is 5.97 Å². The molecule has 0 fully saturated rings. The molecule has 3 nitrogen and oxygen atoms in total. The van der Waals surface area contributed by atoms with E-state index in [-0.39, 0.29) is 5.69 Å². The summed E-state index contributed by atoms with van der Waals surface area (Å²) in [6.45, 7) is 3.93. The Balaban J connectivity index is 2.94. The Morgan fingerprint density at radius 1 is 1.62 bits per heavy atom. The van der Waals surface area contributed by atoms with Gasteiger partial charge in [-0.2, -0.15) is 0 Å². The Bertz CT molecular complexity index is 305. The normalized spacial score (nSPS) is 9.77. The fraction of sp³-hybridized carbons (Fsp3) is 0.333. The highest BCUT2D eigenvalue weighted by atomic mass is 35.5. The second kappa shape index (κ2) is 4.23. The highest BCUT2D eigenvalue weighted by Gasteiger charge is 2.08. The number of hydrogen-bond acceptors (Lipinski definition) is 3. The molecule has 0 aromatic carbocycles. The van der Waals surface area contributed by atoms with E-state index in [4.69, 9.17) is 16.3 Å². The molecule has 0 unspecified atom stereocenters. The molecule has 0 aliphatic carbocycles. The fourth-order valence-electron chi connectivity index (χ4n) is 0.934. The molecule has 0 atom stereocenters. The van der Waals surface area contributed by atoms with Crippen molar-refractivity contribution in [3.05, 3.63) is 28.5 Å². The third kappa shape index (κ3) is 2.70. The summed E-state index contributed by atoms with van der Waals surface area (Å²) in [4.78, 5) is 15.0. The quantitative estimate of drug-likeness (QED) is 0.542. The first-order valence-electron chi connectivity index (χ1n) is 3.94. The zero-order valence-corrected chi connectivity index (χ0v) is 8.26. The van der Waals surface area contributed by atoms with Gasteiger partial charge in [0.15, 0.2) is 0 Å². The second-order valence-corrected chi connectivity index (χ2v) is 2.96. The van der Waals surface area contributed by atoms with Crippen molar-refractivity contribution < 1.29 is 9.53 Å². The summed E-state index contributed by atoms with van der Waals surface area (Å²) >= 11 is 5.68. The van der Waals surface area contributed by atoms with E-state index in [0.29, 0.717) is 11.8 Å². The van der Waals surface area contributed by atoms with E-state index >= 15 is 0 Å². The molecule has 0 saturated carbocycles. The maximum Gasteiger partial charge on any atom is 0.356 e. The highest BCUT2D eigenvalue weighted by molar-refractivity contribution is 6.29. The Kier molecular flexibility index (Phi) is 3.25. The summed E-state index contributed by atoms with van der Waals surface area (Å²) in [5.74, 6) is -0.437. The first-order chi connectivity index (χ1) is 6.13. The molecule has 1 aromatic heterocycles. The highest BCUT2D eigenvalue weighted by Crippen LogP contribution is 2.10. The zero-order chi connectivity index (χ0) is 9.84. The topological polar surface area (TPSA) is 39.2 Å². The molecule has 0 spiro atoms. The molecule has 4 heteroatoms. The molecule has 0 aliphatic rings. The molecule has 0 radical (unpaired) electrons. The fourth-order valence-corrected chi connectivity index (χ4v) is 1.20. The monoisotopic (exact) mass is 199 g/mol. The molecular weight excluding hydrogens is 190 g/mol. The number of ether oxygens (including phenoxy) is 1. The van der Waals surface area contributed by atoms with E-state index in [1.54, 1.807) is 19.1 Å². The van der Waals surface area contributed by atoms with Crippen LogP contribution in [0.1, 0.15) is 23.0 Å². The Morgan fingerprint density at radius 2 is 2.31 bits per heavy atom. The number of nitrogens with zero attached hydrogens (tertiary/aromatic N) is 1. The third-order valence-corrected chi connectivity index (χ3v) is 1.62. The van der Waals surface area contributed by atoms with Crippen molar-refractivity contribution >= 4 is 17.6 Å². The van der Waals surface area contributed by atoms with E-state index in [2.05, 4.69) is 4.98 Å². The molecule has 0 amide bonds. The Hall–Kier alpha value is -1.09. The summed E-state index contributed by atoms with van der Waals surface area (Å²) in [7, 11) is 0. The van der Waals surface area contributed by atoms with Crippen LogP contribution in [0.5, 0.6) is 0 Å². The molecule has 13 heavy (non-hydrogen) atoms. The minimum absolute atomic E-state index is 0.256. The van der Waals surface area contributed by atoms with Crippen molar-refractivity contribution in [3.63, 3.8) is 0 Å². The van der Waals surface area contributed by atoms with Crippen molar-refractivity contribution in [2.75, 3.05) is 6.61 Å². The molecular formula is C9H10ClNO2. The van der Waals surface area contributed by atoms with Crippen LogP contribution in [0.4, 0.5) is 0 Å². The molecule has 1 aromatic rings. The van der Waals surface area contributed by atoms with Gasteiger partial charge in [0, 0.05) is 0 Å². The van der Waals surface area contributed by atoms with Gasteiger partial charge in [0.25, 0.3) is 0 Å². The number of esters is 1. The number of hydrogen-bond donors (Lipinski definition) is 0. The van der Waals surface area contributed by atoms with Gasteiger partial charge in [-0.25, -0.2) is 9.78 Å². The summed E-state index contributed by atoms with van der Waals surface area (Å²) in [5, 5.41) is 0.308. The first kappa shape index (κ1) is 9.99. The lowest BCUT2D eigenvalue weighted by atomic mass is 10.2. The van der Waals surface area contributed by atoms with Crippen LogP contribution < -0.4 is 0 Å². The van der Waals surface area contributed by atoms with Gasteiger partial charge < -0.3 is 4.74 Å². The van der Waals surface area contributed by atoms with Gasteiger partial charge in [0.1, 0.15) is 10.8 Å². The molecule has 0 bridgehead atoms. The van der Waals surface area contributed by atoms with Crippen LogP contribution in [0.25, 0.3) is 0 Å². The van der Waals surface area contributed by atoms with Crippen molar-refractivity contribution in [1.82, 2.24) is 4.98 Å². The summed E-state index contributed by atoms with van der Waals surface area (Å²) in [6.07, 6.45) is 0. The van der Waals surface area contributed by atoms with Crippen LogP contribution in [0.3, 0.4) is 0 Å². The summed E-state index contributed by atoms with van der Waals surface area (Å²) in [6, 6.07) is 3.33. The number of carbonyl (C=O) groups is 1. The largest absolute Gasteiger partial charge is 0.461 e. The van der Waals surface area contributed by atoms with Crippen molar-refractivity contribution in [2.24, 2.45) is 0 Å². The van der Waals surface area contributed by atoms with Gasteiger partial charge in [0.05, 0.1) is 6.61 Å². The molecule has 70 valence electrons. The SMILES string of the molecule is CCOC(=O)c1cc(C)cc(Cl)n1. The van der Waals surface area contributed by atoms with Crippen molar-refractivity contribution in [2.45, 2.75) is 13.8 Å². The summed E-state index contributed by atoms with van der Waals surface area (Å²) < 4.78 is 4.78. The maximum absolute atomic E-state index is 11.2. The smallest absolute Gasteiger partial charge is 0.356 e. The lowest BCUT2D eigenvalue weighted by Crippen LogP contribution is -2.07. The van der Waals surface area contributed by atoms with Crippen LogP contribution >= 0.6 is 11.6 Å². The van der Waals surface area contributed by atoms with Gasteiger partial charge in [-0.3, -0.25) is 0 Å². The minimum atomic E-state index is -0.437. The number of halogens is 1. The number of aryl methyl sites for hydroxylation is 1. The second-order valence-electron chi connectivity index (χ2n) is 2.57. The van der Waals surface area contributed by atoms with Gasteiger partial charge in [0.2, 0.25) is 0 Å². The molecule has 0 N–H and O–H groups in total. The molecule has 1 rings (SSSR count). The van der Waals surface area contributed by atoms with Crippen molar-refractivity contribution in [3.8, 4) is 0 Å². The van der Waals surface area contributed by atoms with Crippen LogP contribution in [-0.4, -0.2) is 17.6 Å². The van der Waals surface area contributed by atoms with E-state index in [0.717, 1.165) is 5.56 Å². The lowest BCUT2D eigenvalue weighted by molar-refractivity contribution is 0.0519. The van der Waals surface area contributed by atoms with Gasteiger partial charge in [-0.15, -0.1) is 0 Å². The van der Waals surface area contributed by atoms with Gasteiger partial charge >= 0.3 is 5.97 Å². The van der Waals surface area contributed by atoms with Crippen molar-refractivity contribution in [1.29, 1.82) is 0 Å². The van der Waals surface area contributed by atoms with Crippen LogP contribution in [0, 0.1) is 6.92 Å². The molecule has 1 heterocycles. The number of aromatic nitrogens is 1. The van der Waals surface area contributed by atoms with Crippen LogP contribution in [-0.2, 0) is 4.74 Å². The Labute approximate surface area is 81.7 Å². The van der Waals surface area contributed by atoms with Gasteiger partial charge in [-0.05, 0) is 31.5 Å². The lowest BCUT2D eigenvalue weighted by Gasteiger charge is -2.02. The summed E-state index contributed by atoms with van der Waals surface area (Å²) in [5.41, 5.74) is 1.15. The predicted octanol–water partition coefficient (Wildman–Crippen LogP) is 2.22. The maximum atomic E-state index is 11.2. The predicted molar refractivity (Wildman–Crippen MR) is 49.9 cm³/mol. The van der Waals surface area contributed by atoms with Crippen LogP contribution in [0.15, 0.2) is 12.1 Å². The minimum Gasteiger partial charge on any atom is -0.461 e. The average Bonchev–Trinajstić information content (AvgIpc) is 2.03. The average molecular weight is 200 g/mol. The van der Waals surface area contributed by atoms with Crippen LogP contribution in [0.2, 0.25) is 5.15 Å². The van der Waals surface area contributed by atoms with E-state index in [1.807, 2.05) is 6.92 Å². The molecule has 0 saturated heterocycles.